The van der Waals surface area contributed by atoms with Gasteiger partial charge in [0.1, 0.15) is 13.2 Å². The molecule has 0 spiro atoms. The summed E-state index contributed by atoms with van der Waals surface area (Å²) in [4.78, 5) is 38.6. The van der Waals surface area contributed by atoms with Gasteiger partial charge in [0, 0.05) is 19.3 Å². The Morgan fingerprint density at radius 1 is 0.253 bits per heavy atom. The van der Waals surface area contributed by atoms with E-state index in [0.29, 0.717) is 19.3 Å². The molecule has 0 saturated heterocycles. The van der Waals surface area contributed by atoms with Crippen LogP contribution in [-0.4, -0.2) is 37.2 Å². The Morgan fingerprint density at radius 2 is 0.470 bits per heavy atom. The molecule has 0 fully saturated rings. The third kappa shape index (κ3) is 70.0. The van der Waals surface area contributed by atoms with E-state index in [4.69, 9.17) is 14.2 Å². The van der Waals surface area contributed by atoms with Crippen LogP contribution in [0.1, 0.15) is 406 Å². The summed E-state index contributed by atoms with van der Waals surface area (Å²) in [6, 6.07) is 0. The SMILES string of the molecule is CC/C=C\C/C=C\C/C=C\C/C=C\CCCCCCCCCCC(=O)OC(COC(=O)CCCCCCCCCCCCCCCCCCCCCCC)COC(=O)CCCCCCCCCCCCCCCCCCCCCCCCC. The van der Waals surface area contributed by atoms with Crippen molar-refractivity contribution < 1.29 is 28.6 Å². The molecule has 0 rings (SSSR count). The normalized spacial score (nSPS) is 12.3. The van der Waals surface area contributed by atoms with Crippen LogP contribution in [0.4, 0.5) is 0 Å². The van der Waals surface area contributed by atoms with Crippen LogP contribution in [0, 0.1) is 0 Å². The number of hydrogen-bond donors (Lipinski definition) is 0. The Labute approximate surface area is 518 Å². The zero-order chi connectivity index (χ0) is 59.9. The average molecular weight is 1160 g/mol. The van der Waals surface area contributed by atoms with E-state index >= 15 is 0 Å². The van der Waals surface area contributed by atoms with Gasteiger partial charge in [0.05, 0.1) is 0 Å². The molecule has 0 aliphatic heterocycles. The highest BCUT2D eigenvalue weighted by Gasteiger charge is 2.20. The molecular weight excluding hydrogens is 1020 g/mol. The zero-order valence-corrected chi connectivity index (χ0v) is 56.0. The van der Waals surface area contributed by atoms with Crippen molar-refractivity contribution in [2.24, 2.45) is 0 Å². The lowest BCUT2D eigenvalue weighted by Gasteiger charge is -2.18. The van der Waals surface area contributed by atoms with Gasteiger partial charge in [0.15, 0.2) is 6.10 Å². The van der Waals surface area contributed by atoms with Gasteiger partial charge in [-0.3, -0.25) is 14.4 Å². The number of esters is 3. The largest absolute Gasteiger partial charge is 0.462 e. The highest BCUT2D eigenvalue weighted by atomic mass is 16.6. The quantitative estimate of drug-likeness (QED) is 0.0261. The number of allylic oxidation sites excluding steroid dienone is 8. The van der Waals surface area contributed by atoms with Crippen molar-refractivity contribution in [1.29, 1.82) is 0 Å². The molecule has 83 heavy (non-hydrogen) atoms. The third-order valence-electron chi connectivity index (χ3n) is 16.8. The van der Waals surface area contributed by atoms with E-state index in [1.807, 2.05) is 0 Å². The van der Waals surface area contributed by atoms with Crippen molar-refractivity contribution in [3.05, 3.63) is 48.6 Å². The monoisotopic (exact) mass is 1160 g/mol. The maximum atomic E-state index is 13.0. The first kappa shape index (κ1) is 80.4. The van der Waals surface area contributed by atoms with Gasteiger partial charge in [-0.2, -0.15) is 0 Å². The van der Waals surface area contributed by atoms with Crippen LogP contribution in [0.5, 0.6) is 0 Å². The molecule has 0 aliphatic carbocycles. The smallest absolute Gasteiger partial charge is 0.306 e. The van der Waals surface area contributed by atoms with Crippen LogP contribution in [-0.2, 0) is 28.6 Å². The minimum absolute atomic E-state index is 0.0706. The number of rotatable bonds is 69. The highest BCUT2D eigenvalue weighted by Crippen LogP contribution is 2.19. The summed E-state index contributed by atoms with van der Waals surface area (Å²) < 4.78 is 17.0. The fourth-order valence-corrected chi connectivity index (χ4v) is 11.3. The molecule has 0 radical (unpaired) electrons. The number of ether oxygens (including phenoxy) is 3. The van der Waals surface area contributed by atoms with E-state index in [9.17, 15) is 14.4 Å². The Balaban J connectivity index is 4.32. The topological polar surface area (TPSA) is 78.9 Å². The van der Waals surface area contributed by atoms with E-state index in [-0.39, 0.29) is 31.1 Å². The molecule has 0 heterocycles. The van der Waals surface area contributed by atoms with Crippen molar-refractivity contribution in [2.45, 2.75) is 412 Å². The van der Waals surface area contributed by atoms with Crippen LogP contribution in [0.3, 0.4) is 0 Å². The minimum Gasteiger partial charge on any atom is -0.462 e. The number of hydrogen-bond acceptors (Lipinski definition) is 6. The molecule has 0 aromatic carbocycles. The summed E-state index contributed by atoms with van der Waals surface area (Å²) in [7, 11) is 0. The van der Waals surface area contributed by atoms with Gasteiger partial charge in [-0.1, -0.05) is 378 Å². The number of unbranched alkanes of at least 4 members (excludes halogenated alkanes) is 50. The fraction of sp³-hybridized carbons (Fsp3) is 0.857. The molecule has 0 aromatic rings. The summed E-state index contributed by atoms with van der Waals surface area (Å²) >= 11 is 0. The summed E-state index contributed by atoms with van der Waals surface area (Å²) in [6.45, 7) is 6.61. The molecule has 6 nitrogen and oxygen atoms in total. The Morgan fingerprint density at radius 3 is 0.735 bits per heavy atom. The van der Waals surface area contributed by atoms with Crippen molar-refractivity contribution in [1.82, 2.24) is 0 Å². The van der Waals surface area contributed by atoms with Crippen LogP contribution in [0.15, 0.2) is 48.6 Å². The van der Waals surface area contributed by atoms with Crippen LogP contribution in [0.25, 0.3) is 0 Å². The summed E-state index contributed by atoms with van der Waals surface area (Å²) in [5.74, 6) is -0.845. The molecule has 6 heteroatoms. The Bertz CT molecular complexity index is 1430. The predicted molar refractivity (Wildman–Crippen MR) is 362 cm³/mol. The van der Waals surface area contributed by atoms with Gasteiger partial charge in [-0.05, 0) is 57.8 Å². The average Bonchev–Trinajstić information content (AvgIpc) is 3.49. The lowest BCUT2D eigenvalue weighted by atomic mass is 10.0. The van der Waals surface area contributed by atoms with E-state index in [2.05, 4.69) is 69.4 Å². The second-order valence-electron chi connectivity index (χ2n) is 25.2. The van der Waals surface area contributed by atoms with E-state index in [1.54, 1.807) is 0 Å². The fourth-order valence-electron chi connectivity index (χ4n) is 11.3. The molecule has 0 bridgehead atoms. The molecular formula is C77H142O6. The molecule has 1 unspecified atom stereocenters. The molecule has 1 atom stereocenters. The lowest BCUT2D eigenvalue weighted by molar-refractivity contribution is -0.167. The van der Waals surface area contributed by atoms with Crippen LogP contribution >= 0.6 is 0 Å². The van der Waals surface area contributed by atoms with E-state index in [0.717, 1.165) is 89.9 Å². The van der Waals surface area contributed by atoms with Crippen molar-refractivity contribution >= 4 is 17.9 Å². The molecule has 486 valence electrons. The standard InChI is InChI=1S/C77H142O6/c1-4-7-10-13-16-19-22-25-28-31-34-37-38-41-43-46-49-52-55-58-61-64-67-70-76(79)82-73-74(83-77(80)71-68-65-62-59-56-53-50-47-44-40-36-33-30-27-24-21-18-15-12-9-6-3)72-81-75(78)69-66-63-60-57-54-51-48-45-42-39-35-32-29-26-23-20-17-14-11-8-5-2/h9,12,18,21,27,30,36,40,74H,4-8,10-11,13-17,19-20,22-26,28-29,31-35,37-39,41-73H2,1-3H3/b12-9-,21-18-,30-27-,40-36-. The van der Waals surface area contributed by atoms with E-state index < -0.39 is 6.10 Å². The summed E-state index contributed by atoms with van der Waals surface area (Å²) in [6.07, 6.45) is 91.5. The third-order valence-corrected chi connectivity index (χ3v) is 16.8. The molecule has 0 amide bonds. The minimum atomic E-state index is -0.777. The van der Waals surface area contributed by atoms with Gasteiger partial charge in [-0.15, -0.1) is 0 Å². The van der Waals surface area contributed by atoms with Gasteiger partial charge in [-0.25, -0.2) is 0 Å². The van der Waals surface area contributed by atoms with Gasteiger partial charge in [0.25, 0.3) is 0 Å². The predicted octanol–water partition coefficient (Wildman–Crippen LogP) is 25.7. The molecule has 0 saturated carbocycles. The van der Waals surface area contributed by atoms with Crippen LogP contribution < -0.4 is 0 Å². The van der Waals surface area contributed by atoms with Crippen molar-refractivity contribution in [2.75, 3.05) is 13.2 Å². The summed E-state index contributed by atoms with van der Waals surface area (Å²) in [5, 5.41) is 0. The maximum Gasteiger partial charge on any atom is 0.306 e. The zero-order valence-electron chi connectivity index (χ0n) is 56.0. The molecule has 0 aromatic heterocycles. The Kier molecular flexibility index (Phi) is 69.6. The molecule has 0 aliphatic rings. The number of carbonyl (C=O) groups is 3. The second kappa shape index (κ2) is 71.8. The maximum absolute atomic E-state index is 13.0. The van der Waals surface area contributed by atoms with Gasteiger partial charge < -0.3 is 14.2 Å². The van der Waals surface area contributed by atoms with Gasteiger partial charge >= 0.3 is 17.9 Å². The summed E-state index contributed by atoms with van der Waals surface area (Å²) in [5.41, 5.74) is 0. The first-order valence-corrected chi connectivity index (χ1v) is 37.1. The van der Waals surface area contributed by atoms with Crippen molar-refractivity contribution in [3.63, 3.8) is 0 Å². The highest BCUT2D eigenvalue weighted by molar-refractivity contribution is 5.71. The van der Waals surface area contributed by atoms with Gasteiger partial charge in [0.2, 0.25) is 0 Å². The Hall–Kier alpha value is -2.63. The van der Waals surface area contributed by atoms with Crippen LogP contribution in [0.2, 0.25) is 0 Å². The first-order chi connectivity index (χ1) is 41.0. The van der Waals surface area contributed by atoms with E-state index in [1.165, 1.54) is 276 Å². The lowest BCUT2D eigenvalue weighted by Crippen LogP contribution is -2.30. The first-order valence-electron chi connectivity index (χ1n) is 37.1. The second-order valence-corrected chi connectivity index (χ2v) is 25.2. The van der Waals surface area contributed by atoms with Crippen molar-refractivity contribution in [3.8, 4) is 0 Å². The molecule has 0 N–H and O–H groups in total. The number of carbonyl (C=O) groups excluding carboxylic acids is 3.